The number of rotatable bonds is 4. The van der Waals surface area contributed by atoms with E-state index in [2.05, 4.69) is 20.2 Å². The van der Waals surface area contributed by atoms with Gasteiger partial charge in [0.2, 0.25) is 11.9 Å². The molecule has 2 aliphatic rings. The molecule has 176 valence electrons. The highest BCUT2D eigenvalue weighted by atomic mass is 16.6. The number of piperidine rings is 1. The number of fused-ring (bicyclic) bond motifs is 1. The second-order valence-corrected chi connectivity index (χ2v) is 9.22. The molecule has 2 amide bonds. The molecule has 0 bridgehead atoms. The Morgan fingerprint density at radius 3 is 2.42 bits per heavy atom. The molecule has 3 heterocycles. The number of carbonyl (C=O) groups is 2. The fourth-order valence-electron chi connectivity index (χ4n) is 4.78. The van der Waals surface area contributed by atoms with Gasteiger partial charge in [-0.25, -0.2) is 14.8 Å². The van der Waals surface area contributed by atoms with Crippen LogP contribution in [-0.2, 0) is 9.53 Å². The van der Waals surface area contributed by atoms with E-state index in [0.717, 1.165) is 41.4 Å². The minimum atomic E-state index is -0.455. The molecule has 8 heteroatoms. The van der Waals surface area contributed by atoms with Crippen LogP contribution < -0.4 is 15.1 Å². The number of benzene rings is 1. The maximum Gasteiger partial charge on any atom is 0.407 e. The first-order chi connectivity index (χ1) is 15.8. The average Bonchev–Trinajstić information content (AvgIpc) is 2.79. The SMILES string of the molecule is CC(=O)N1c2ccc(-c3cnc(N4CCCCC4)nc3)cc2[C@H](NC(=O)OC(C)C)C[C@@H]1C. The summed E-state index contributed by atoms with van der Waals surface area (Å²) in [7, 11) is 0. The van der Waals surface area contributed by atoms with Gasteiger partial charge in [0.1, 0.15) is 0 Å². The predicted molar refractivity (Wildman–Crippen MR) is 128 cm³/mol. The van der Waals surface area contributed by atoms with Crippen LogP contribution in [0, 0.1) is 0 Å². The molecular formula is C25H33N5O3. The maximum absolute atomic E-state index is 12.4. The molecule has 2 atom stereocenters. The Hall–Kier alpha value is -3.16. The minimum absolute atomic E-state index is 0.0195. The van der Waals surface area contributed by atoms with E-state index in [9.17, 15) is 9.59 Å². The van der Waals surface area contributed by atoms with Crippen molar-refractivity contribution in [2.45, 2.75) is 71.6 Å². The van der Waals surface area contributed by atoms with Crippen LogP contribution in [0.25, 0.3) is 11.1 Å². The third-order valence-corrected chi connectivity index (χ3v) is 6.26. The number of amides is 2. The van der Waals surface area contributed by atoms with Crippen molar-refractivity contribution in [3.63, 3.8) is 0 Å². The van der Waals surface area contributed by atoms with Gasteiger partial charge < -0.3 is 19.9 Å². The summed E-state index contributed by atoms with van der Waals surface area (Å²) in [6.07, 6.45) is 7.26. The molecule has 0 spiro atoms. The van der Waals surface area contributed by atoms with Crippen LogP contribution in [0.15, 0.2) is 30.6 Å². The average molecular weight is 452 g/mol. The maximum atomic E-state index is 12.4. The lowest BCUT2D eigenvalue weighted by Gasteiger charge is -2.39. The number of carbonyl (C=O) groups excluding carboxylic acids is 2. The third-order valence-electron chi connectivity index (χ3n) is 6.26. The summed E-state index contributed by atoms with van der Waals surface area (Å²) >= 11 is 0. The largest absolute Gasteiger partial charge is 0.447 e. The Bertz CT molecular complexity index is 1000. The van der Waals surface area contributed by atoms with Crippen molar-refractivity contribution in [1.82, 2.24) is 15.3 Å². The van der Waals surface area contributed by atoms with Crippen LogP contribution in [0.3, 0.4) is 0 Å². The number of aromatic nitrogens is 2. The molecular weight excluding hydrogens is 418 g/mol. The summed E-state index contributed by atoms with van der Waals surface area (Å²) in [5, 5.41) is 2.99. The van der Waals surface area contributed by atoms with Crippen LogP contribution in [0.2, 0.25) is 0 Å². The molecule has 0 unspecified atom stereocenters. The third kappa shape index (κ3) is 5.10. The number of hydrogen-bond donors (Lipinski definition) is 1. The Balaban J connectivity index is 1.64. The van der Waals surface area contributed by atoms with E-state index in [4.69, 9.17) is 4.74 Å². The quantitative estimate of drug-likeness (QED) is 0.739. The topological polar surface area (TPSA) is 87.7 Å². The normalized spacial score (nSPS) is 20.4. The molecule has 1 saturated heterocycles. The molecule has 33 heavy (non-hydrogen) atoms. The molecule has 1 aromatic heterocycles. The lowest BCUT2D eigenvalue weighted by Crippen LogP contribution is -2.45. The number of ether oxygens (including phenoxy) is 1. The van der Waals surface area contributed by atoms with Crippen molar-refractivity contribution in [3.8, 4) is 11.1 Å². The molecule has 1 N–H and O–H groups in total. The fourth-order valence-corrected chi connectivity index (χ4v) is 4.78. The first-order valence-electron chi connectivity index (χ1n) is 11.8. The second kappa shape index (κ2) is 9.77. The Morgan fingerprint density at radius 1 is 1.09 bits per heavy atom. The van der Waals surface area contributed by atoms with E-state index >= 15 is 0 Å². The molecule has 0 aliphatic carbocycles. The summed E-state index contributed by atoms with van der Waals surface area (Å²) in [4.78, 5) is 38.0. The molecule has 2 aromatic rings. The van der Waals surface area contributed by atoms with Crippen molar-refractivity contribution in [1.29, 1.82) is 0 Å². The highest BCUT2D eigenvalue weighted by molar-refractivity contribution is 5.94. The van der Waals surface area contributed by atoms with Gasteiger partial charge in [0, 0.05) is 49.7 Å². The van der Waals surface area contributed by atoms with Crippen LogP contribution in [0.5, 0.6) is 0 Å². The zero-order valence-corrected chi connectivity index (χ0v) is 19.9. The molecule has 8 nitrogen and oxygen atoms in total. The molecule has 4 rings (SSSR count). The summed E-state index contributed by atoms with van der Waals surface area (Å²) in [6.45, 7) is 9.20. The molecule has 1 fully saturated rings. The number of alkyl carbamates (subject to hydrolysis) is 1. The Morgan fingerprint density at radius 2 is 1.79 bits per heavy atom. The molecule has 1 aromatic carbocycles. The highest BCUT2D eigenvalue weighted by Crippen LogP contribution is 2.39. The van der Waals surface area contributed by atoms with Gasteiger partial charge in [0.25, 0.3) is 0 Å². The van der Waals surface area contributed by atoms with Gasteiger partial charge in [-0.15, -0.1) is 0 Å². The molecule has 0 saturated carbocycles. The fraction of sp³-hybridized carbons (Fsp3) is 0.520. The second-order valence-electron chi connectivity index (χ2n) is 9.22. The van der Waals surface area contributed by atoms with E-state index < -0.39 is 6.09 Å². The Kier molecular flexibility index (Phi) is 6.81. The van der Waals surface area contributed by atoms with E-state index in [1.807, 2.05) is 51.4 Å². The van der Waals surface area contributed by atoms with Gasteiger partial charge in [-0.1, -0.05) is 6.07 Å². The summed E-state index contributed by atoms with van der Waals surface area (Å²) in [5.41, 5.74) is 3.54. The zero-order valence-electron chi connectivity index (χ0n) is 19.9. The molecule has 2 aliphatic heterocycles. The van der Waals surface area contributed by atoms with Crippen molar-refractivity contribution in [2.75, 3.05) is 22.9 Å². The van der Waals surface area contributed by atoms with Gasteiger partial charge in [0.05, 0.1) is 12.1 Å². The summed E-state index contributed by atoms with van der Waals surface area (Å²) in [6, 6.07) is 5.65. The standard InChI is InChI=1S/C25H33N5O3/c1-16(2)33-25(32)28-22-12-17(3)30(18(4)31)23-9-8-19(13-21(22)23)20-14-26-24(27-15-20)29-10-6-5-7-11-29/h8-9,13-17,22H,5-7,10-12H2,1-4H3,(H,28,32)/t17-,22+/m0/s1. The van der Waals surface area contributed by atoms with Gasteiger partial charge >= 0.3 is 6.09 Å². The van der Waals surface area contributed by atoms with Gasteiger partial charge in [-0.3, -0.25) is 4.79 Å². The Labute approximate surface area is 195 Å². The van der Waals surface area contributed by atoms with Gasteiger partial charge in [-0.2, -0.15) is 0 Å². The van der Waals surface area contributed by atoms with Gasteiger partial charge in [0.15, 0.2) is 0 Å². The summed E-state index contributed by atoms with van der Waals surface area (Å²) in [5.74, 6) is 0.748. The van der Waals surface area contributed by atoms with E-state index in [-0.39, 0.29) is 24.1 Å². The minimum Gasteiger partial charge on any atom is -0.447 e. The van der Waals surface area contributed by atoms with E-state index in [1.165, 1.54) is 19.3 Å². The first-order valence-corrected chi connectivity index (χ1v) is 11.8. The monoisotopic (exact) mass is 451 g/mol. The van der Waals surface area contributed by atoms with Crippen molar-refractivity contribution >= 4 is 23.6 Å². The van der Waals surface area contributed by atoms with Crippen LogP contribution >= 0.6 is 0 Å². The zero-order chi connectivity index (χ0) is 23.5. The van der Waals surface area contributed by atoms with Crippen LogP contribution in [-0.4, -0.2) is 47.2 Å². The number of hydrogen-bond acceptors (Lipinski definition) is 6. The first kappa shape index (κ1) is 23.0. The van der Waals surface area contributed by atoms with Gasteiger partial charge in [-0.05, 0) is 69.7 Å². The lowest BCUT2D eigenvalue weighted by atomic mass is 9.89. The van der Waals surface area contributed by atoms with Crippen LogP contribution in [0.1, 0.15) is 65.0 Å². The number of nitrogens with one attached hydrogen (secondary N) is 1. The van der Waals surface area contributed by atoms with Crippen molar-refractivity contribution in [3.05, 3.63) is 36.2 Å². The van der Waals surface area contributed by atoms with E-state index in [0.29, 0.717) is 6.42 Å². The lowest BCUT2D eigenvalue weighted by molar-refractivity contribution is -0.117. The predicted octanol–water partition coefficient (Wildman–Crippen LogP) is 4.45. The van der Waals surface area contributed by atoms with E-state index in [1.54, 1.807) is 11.8 Å². The number of anilines is 2. The smallest absolute Gasteiger partial charge is 0.407 e. The summed E-state index contributed by atoms with van der Waals surface area (Å²) < 4.78 is 5.31. The highest BCUT2D eigenvalue weighted by Gasteiger charge is 2.34. The van der Waals surface area contributed by atoms with Crippen molar-refractivity contribution in [2.24, 2.45) is 0 Å². The number of nitrogens with zero attached hydrogens (tertiary/aromatic N) is 4. The van der Waals surface area contributed by atoms with Crippen molar-refractivity contribution < 1.29 is 14.3 Å². The van der Waals surface area contributed by atoms with Crippen LogP contribution in [0.4, 0.5) is 16.4 Å². The molecule has 0 radical (unpaired) electrons.